The standard InChI is InChI=1S/C12H14N2O4/c1-18-9-3-2-8(6-13-9)10(15)14-7-12(4-5-12)11(16)17/h2-3,6H,4-5,7H2,1H3,(H,14,15)(H,16,17). The first-order valence-corrected chi connectivity index (χ1v) is 5.59. The van der Waals surface area contributed by atoms with Crippen LogP contribution in [0.3, 0.4) is 0 Å². The van der Waals surface area contributed by atoms with Gasteiger partial charge in [0.05, 0.1) is 18.1 Å². The molecule has 0 atom stereocenters. The van der Waals surface area contributed by atoms with E-state index in [0.29, 0.717) is 24.3 Å². The van der Waals surface area contributed by atoms with Crippen molar-refractivity contribution >= 4 is 11.9 Å². The zero-order chi connectivity index (χ0) is 13.2. The third-order valence-electron chi connectivity index (χ3n) is 3.10. The summed E-state index contributed by atoms with van der Waals surface area (Å²) in [6, 6.07) is 3.17. The minimum Gasteiger partial charge on any atom is -0.481 e. The highest BCUT2D eigenvalue weighted by Crippen LogP contribution is 2.45. The van der Waals surface area contributed by atoms with Gasteiger partial charge in [-0.1, -0.05) is 0 Å². The summed E-state index contributed by atoms with van der Waals surface area (Å²) in [7, 11) is 1.49. The van der Waals surface area contributed by atoms with Gasteiger partial charge in [0, 0.05) is 18.8 Å². The first kappa shape index (κ1) is 12.3. The van der Waals surface area contributed by atoms with Gasteiger partial charge in [-0.2, -0.15) is 0 Å². The number of rotatable bonds is 5. The van der Waals surface area contributed by atoms with Crippen molar-refractivity contribution in [2.75, 3.05) is 13.7 Å². The molecule has 1 fully saturated rings. The van der Waals surface area contributed by atoms with Crippen LogP contribution in [-0.2, 0) is 4.79 Å². The second kappa shape index (κ2) is 4.64. The lowest BCUT2D eigenvalue weighted by atomic mass is 10.1. The van der Waals surface area contributed by atoms with Gasteiger partial charge < -0.3 is 15.2 Å². The summed E-state index contributed by atoms with van der Waals surface area (Å²) in [6.07, 6.45) is 2.63. The fourth-order valence-corrected chi connectivity index (χ4v) is 1.60. The number of carboxylic acid groups (broad SMARTS) is 1. The van der Waals surface area contributed by atoms with Crippen molar-refractivity contribution in [1.82, 2.24) is 10.3 Å². The molecule has 6 heteroatoms. The first-order chi connectivity index (χ1) is 8.57. The van der Waals surface area contributed by atoms with Gasteiger partial charge in [-0.05, 0) is 18.9 Å². The van der Waals surface area contributed by atoms with Gasteiger partial charge in [-0.25, -0.2) is 4.98 Å². The van der Waals surface area contributed by atoms with Gasteiger partial charge in [-0.3, -0.25) is 9.59 Å². The third-order valence-corrected chi connectivity index (χ3v) is 3.10. The topological polar surface area (TPSA) is 88.5 Å². The molecule has 1 aliphatic rings. The Balaban J connectivity index is 1.93. The Morgan fingerprint density at radius 1 is 1.50 bits per heavy atom. The Hall–Kier alpha value is -2.11. The van der Waals surface area contributed by atoms with Gasteiger partial charge in [0.15, 0.2) is 0 Å². The van der Waals surface area contributed by atoms with Crippen LogP contribution < -0.4 is 10.1 Å². The Morgan fingerprint density at radius 3 is 2.67 bits per heavy atom. The van der Waals surface area contributed by atoms with Crippen molar-refractivity contribution in [3.05, 3.63) is 23.9 Å². The average molecular weight is 250 g/mol. The molecule has 18 heavy (non-hydrogen) atoms. The van der Waals surface area contributed by atoms with Crippen LogP contribution in [0.25, 0.3) is 0 Å². The van der Waals surface area contributed by atoms with E-state index < -0.39 is 11.4 Å². The van der Waals surface area contributed by atoms with Crippen molar-refractivity contribution in [2.45, 2.75) is 12.8 Å². The second-order valence-electron chi connectivity index (χ2n) is 4.36. The fraction of sp³-hybridized carbons (Fsp3) is 0.417. The van der Waals surface area contributed by atoms with Gasteiger partial charge in [0.2, 0.25) is 5.88 Å². The Bertz CT molecular complexity index is 465. The lowest BCUT2D eigenvalue weighted by Crippen LogP contribution is -2.34. The van der Waals surface area contributed by atoms with E-state index in [9.17, 15) is 9.59 Å². The molecule has 1 amide bonds. The number of carbonyl (C=O) groups excluding carboxylic acids is 1. The highest BCUT2D eigenvalue weighted by Gasteiger charge is 2.50. The third kappa shape index (κ3) is 2.42. The minimum absolute atomic E-state index is 0.160. The number of pyridine rings is 1. The molecule has 1 aromatic rings. The van der Waals surface area contributed by atoms with E-state index in [1.807, 2.05) is 0 Å². The molecule has 0 saturated heterocycles. The number of aromatic nitrogens is 1. The molecular weight excluding hydrogens is 236 g/mol. The zero-order valence-corrected chi connectivity index (χ0v) is 9.97. The maximum atomic E-state index is 11.8. The van der Waals surface area contributed by atoms with Gasteiger partial charge >= 0.3 is 5.97 Å². The van der Waals surface area contributed by atoms with Crippen LogP contribution in [0.4, 0.5) is 0 Å². The number of aliphatic carboxylic acids is 1. The molecule has 2 N–H and O–H groups in total. The molecule has 2 rings (SSSR count). The van der Waals surface area contributed by atoms with Crippen LogP contribution in [0.5, 0.6) is 5.88 Å². The number of nitrogens with one attached hydrogen (secondary N) is 1. The van der Waals surface area contributed by atoms with E-state index in [1.165, 1.54) is 13.3 Å². The molecule has 0 unspecified atom stereocenters. The van der Waals surface area contributed by atoms with E-state index >= 15 is 0 Å². The summed E-state index contributed by atoms with van der Waals surface area (Å²) in [5.41, 5.74) is -0.368. The molecule has 0 aromatic carbocycles. The van der Waals surface area contributed by atoms with Crippen LogP contribution in [-0.4, -0.2) is 35.6 Å². The molecule has 0 radical (unpaired) electrons. The first-order valence-electron chi connectivity index (χ1n) is 5.59. The second-order valence-corrected chi connectivity index (χ2v) is 4.36. The highest BCUT2D eigenvalue weighted by molar-refractivity contribution is 5.94. The van der Waals surface area contributed by atoms with Crippen LogP contribution in [0.2, 0.25) is 0 Å². The molecule has 6 nitrogen and oxygen atoms in total. The lowest BCUT2D eigenvalue weighted by molar-refractivity contribution is -0.143. The number of methoxy groups -OCH3 is 1. The number of carboxylic acids is 1. The van der Waals surface area contributed by atoms with Crippen molar-refractivity contribution in [3.63, 3.8) is 0 Å². The molecule has 1 heterocycles. The van der Waals surface area contributed by atoms with E-state index in [2.05, 4.69) is 10.3 Å². The molecule has 96 valence electrons. The van der Waals surface area contributed by atoms with Crippen LogP contribution in [0.15, 0.2) is 18.3 Å². The number of carbonyl (C=O) groups is 2. The fourth-order valence-electron chi connectivity index (χ4n) is 1.60. The summed E-state index contributed by atoms with van der Waals surface area (Å²) in [5.74, 6) is -0.746. The maximum Gasteiger partial charge on any atom is 0.311 e. The summed E-state index contributed by atoms with van der Waals surface area (Å²) >= 11 is 0. The number of amides is 1. The lowest BCUT2D eigenvalue weighted by Gasteiger charge is -2.11. The molecule has 1 saturated carbocycles. The molecule has 0 bridgehead atoms. The number of nitrogens with zero attached hydrogens (tertiary/aromatic N) is 1. The van der Waals surface area contributed by atoms with E-state index in [1.54, 1.807) is 12.1 Å². The van der Waals surface area contributed by atoms with Gasteiger partial charge in [0.1, 0.15) is 0 Å². The zero-order valence-electron chi connectivity index (χ0n) is 9.97. The van der Waals surface area contributed by atoms with Gasteiger partial charge in [0.25, 0.3) is 5.91 Å². The van der Waals surface area contributed by atoms with Crippen molar-refractivity contribution in [2.24, 2.45) is 5.41 Å². The van der Waals surface area contributed by atoms with E-state index in [0.717, 1.165) is 0 Å². The monoisotopic (exact) mass is 250 g/mol. The van der Waals surface area contributed by atoms with Gasteiger partial charge in [-0.15, -0.1) is 0 Å². The van der Waals surface area contributed by atoms with E-state index in [4.69, 9.17) is 9.84 Å². The maximum absolute atomic E-state index is 11.8. The predicted octanol–water partition coefficient (Wildman–Crippen LogP) is 0.685. The Labute approximate surface area is 104 Å². The quantitative estimate of drug-likeness (QED) is 0.802. The van der Waals surface area contributed by atoms with Crippen LogP contribution in [0.1, 0.15) is 23.2 Å². The van der Waals surface area contributed by atoms with E-state index in [-0.39, 0.29) is 12.5 Å². The number of ether oxygens (including phenoxy) is 1. The van der Waals surface area contributed by atoms with Crippen molar-refractivity contribution in [1.29, 1.82) is 0 Å². The molecular formula is C12H14N2O4. The summed E-state index contributed by atoms with van der Waals surface area (Å²) in [6.45, 7) is 0.160. The summed E-state index contributed by atoms with van der Waals surface area (Å²) in [5, 5.41) is 11.6. The van der Waals surface area contributed by atoms with Crippen molar-refractivity contribution < 1.29 is 19.4 Å². The number of hydrogen-bond donors (Lipinski definition) is 2. The molecule has 0 aliphatic heterocycles. The summed E-state index contributed by atoms with van der Waals surface area (Å²) < 4.78 is 4.88. The molecule has 1 aromatic heterocycles. The largest absolute Gasteiger partial charge is 0.481 e. The van der Waals surface area contributed by atoms with Crippen LogP contribution in [0, 0.1) is 5.41 Å². The Kier molecular flexibility index (Phi) is 3.18. The highest BCUT2D eigenvalue weighted by atomic mass is 16.5. The molecule has 1 aliphatic carbocycles. The van der Waals surface area contributed by atoms with Crippen LogP contribution >= 0.6 is 0 Å². The summed E-state index contributed by atoms with van der Waals surface area (Å²) in [4.78, 5) is 26.6. The number of hydrogen-bond acceptors (Lipinski definition) is 4. The predicted molar refractivity (Wildman–Crippen MR) is 62.4 cm³/mol. The molecule has 0 spiro atoms. The SMILES string of the molecule is COc1ccc(C(=O)NCC2(C(=O)O)CC2)cn1. The Morgan fingerprint density at radius 2 is 2.22 bits per heavy atom. The smallest absolute Gasteiger partial charge is 0.311 e. The normalized spacial score (nSPS) is 15.8. The van der Waals surface area contributed by atoms with Crippen molar-refractivity contribution in [3.8, 4) is 5.88 Å². The average Bonchev–Trinajstić information content (AvgIpc) is 3.17. The minimum atomic E-state index is -0.851.